The van der Waals surface area contributed by atoms with Gasteiger partial charge >= 0.3 is 0 Å². The van der Waals surface area contributed by atoms with Gasteiger partial charge in [-0.1, -0.05) is 35.9 Å². The van der Waals surface area contributed by atoms with Crippen LogP contribution in [-0.4, -0.2) is 13.1 Å². The number of anilines is 2. The summed E-state index contributed by atoms with van der Waals surface area (Å²) in [5.41, 5.74) is 12.7. The lowest BCUT2D eigenvalue weighted by atomic mass is 10.0. The zero-order chi connectivity index (χ0) is 14.7. The van der Waals surface area contributed by atoms with Gasteiger partial charge in [0.1, 0.15) is 0 Å². The molecule has 0 amide bonds. The van der Waals surface area contributed by atoms with Crippen molar-refractivity contribution in [1.82, 2.24) is 0 Å². The lowest BCUT2D eigenvalue weighted by Crippen LogP contribution is -2.20. The number of rotatable bonds is 3. The van der Waals surface area contributed by atoms with Crippen LogP contribution in [0.3, 0.4) is 0 Å². The number of hydrogen-bond acceptors (Lipinski definition) is 2. The van der Waals surface area contributed by atoms with E-state index < -0.39 is 0 Å². The fourth-order valence-corrected chi connectivity index (χ4v) is 3.27. The van der Waals surface area contributed by atoms with E-state index in [9.17, 15) is 0 Å². The van der Waals surface area contributed by atoms with Crippen molar-refractivity contribution in [2.75, 3.05) is 18.0 Å². The Kier molecular flexibility index (Phi) is 4.26. The summed E-state index contributed by atoms with van der Waals surface area (Å²) in [6, 6.07) is 15.6. The van der Waals surface area contributed by atoms with Crippen molar-refractivity contribution >= 4 is 11.4 Å². The van der Waals surface area contributed by atoms with Gasteiger partial charge in [0.05, 0.1) is 0 Å². The van der Waals surface area contributed by atoms with Crippen molar-refractivity contribution in [3.63, 3.8) is 0 Å². The summed E-state index contributed by atoms with van der Waals surface area (Å²) < 4.78 is 0. The van der Waals surface area contributed by atoms with Crippen LogP contribution >= 0.6 is 0 Å². The van der Waals surface area contributed by atoms with Gasteiger partial charge in [-0.15, -0.1) is 0 Å². The van der Waals surface area contributed by atoms with E-state index in [1.165, 1.54) is 47.3 Å². The maximum absolute atomic E-state index is 5.82. The second kappa shape index (κ2) is 6.31. The van der Waals surface area contributed by atoms with E-state index in [-0.39, 0.29) is 0 Å². The molecule has 3 rings (SSSR count). The van der Waals surface area contributed by atoms with Crippen LogP contribution in [0.2, 0.25) is 0 Å². The summed E-state index contributed by atoms with van der Waals surface area (Å²) in [5.74, 6) is 0. The fourth-order valence-electron chi connectivity index (χ4n) is 3.27. The zero-order valence-electron chi connectivity index (χ0n) is 12.8. The van der Waals surface area contributed by atoms with E-state index in [4.69, 9.17) is 5.73 Å². The van der Waals surface area contributed by atoms with E-state index in [1.807, 2.05) is 0 Å². The molecule has 0 unspecified atom stereocenters. The highest BCUT2D eigenvalue weighted by atomic mass is 15.1. The molecule has 21 heavy (non-hydrogen) atoms. The lowest BCUT2D eigenvalue weighted by molar-refractivity contribution is 0.759. The highest BCUT2D eigenvalue weighted by Crippen LogP contribution is 2.34. The highest BCUT2D eigenvalue weighted by Gasteiger charge is 2.18. The highest BCUT2D eigenvalue weighted by molar-refractivity contribution is 5.70. The first kappa shape index (κ1) is 14.2. The van der Waals surface area contributed by atoms with Crippen molar-refractivity contribution in [3.8, 4) is 0 Å². The van der Waals surface area contributed by atoms with Crippen molar-refractivity contribution < 1.29 is 0 Å². The molecule has 1 heterocycles. The standard InChI is InChI=1S/C19H24N2/c1-15-9-10-19(17(14-15)11-12-20)21-13-5-4-7-16-6-2-3-8-18(16)21/h2-3,6,8-10,14H,4-5,7,11-13,20H2,1H3. The Balaban J connectivity index is 2.07. The van der Waals surface area contributed by atoms with Crippen LogP contribution in [-0.2, 0) is 12.8 Å². The second-order valence-corrected chi connectivity index (χ2v) is 5.91. The first-order chi connectivity index (χ1) is 10.3. The lowest BCUT2D eigenvalue weighted by Gasteiger charge is -2.27. The molecule has 0 bridgehead atoms. The quantitative estimate of drug-likeness (QED) is 0.921. The SMILES string of the molecule is Cc1ccc(N2CCCCc3ccccc32)c(CCN)c1. The minimum atomic E-state index is 0.700. The Morgan fingerprint density at radius 2 is 1.90 bits per heavy atom. The predicted octanol–water partition coefficient (Wildman–Crippen LogP) is 3.97. The van der Waals surface area contributed by atoms with E-state index in [0.717, 1.165) is 13.0 Å². The molecule has 0 fully saturated rings. The number of nitrogens with zero attached hydrogens (tertiary/aromatic N) is 1. The molecule has 1 aliphatic heterocycles. The molecule has 2 aromatic carbocycles. The van der Waals surface area contributed by atoms with Crippen LogP contribution < -0.4 is 10.6 Å². The first-order valence-corrected chi connectivity index (χ1v) is 7.94. The van der Waals surface area contributed by atoms with Gasteiger partial charge in [-0.3, -0.25) is 0 Å². The number of fused-ring (bicyclic) bond motifs is 1. The average molecular weight is 280 g/mol. The van der Waals surface area contributed by atoms with Crippen LogP contribution in [0.5, 0.6) is 0 Å². The molecule has 2 heteroatoms. The number of aryl methyl sites for hydroxylation is 2. The first-order valence-electron chi connectivity index (χ1n) is 7.94. The Morgan fingerprint density at radius 3 is 2.76 bits per heavy atom. The van der Waals surface area contributed by atoms with Gasteiger partial charge in [0.25, 0.3) is 0 Å². The average Bonchev–Trinajstić information content (AvgIpc) is 2.70. The smallest absolute Gasteiger partial charge is 0.0444 e. The van der Waals surface area contributed by atoms with E-state index in [0.29, 0.717) is 6.54 Å². The van der Waals surface area contributed by atoms with Crippen LogP contribution in [0.1, 0.15) is 29.5 Å². The number of para-hydroxylation sites is 1. The van der Waals surface area contributed by atoms with Crippen LogP contribution in [0.25, 0.3) is 0 Å². The van der Waals surface area contributed by atoms with Gasteiger partial charge in [-0.2, -0.15) is 0 Å². The molecule has 0 radical (unpaired) electrons. The Labute approximate surface area is 127 Å². The Hall–Kier alpha value is -1.80. The molecule has 0 saturated heterocycles. The molecular formula is C19H24N2. The fraction of sp³-hybridized carbons (Fsp3) is 0.368. The number of benzene rings is 2. The maximum atomic E-state index is 5.82. The summed E-state index contributed by atoms with van der Waals surface area (Å²) in [4.78, 5) is 2.49. The molecule has 0 saturated carbocycles. The Bertz CT molecular complexity index is 619. The molecule has 0 atom stereocenters. The number of hydrogen-bond donors (Lipinski definition) is 1. The monoisotopic (exact) mass is 280 g/mol. The van der Waals surface area contributed by atoms with Crippen LogP contribution in [0.15, 0.2) is 42.5 Å². The van der Waals surface area contributed by atoms with Gasteiger partial charge in [0.15, 0.2) is 0 Å². The van der Waals surface area contributed by atoms with Gasteiger partial charge in [0.2, 0.25) is 0 Å². The van der Waals surface area contributed by atoms with Gasteiger partial charge < -0.3 is 10.6 Å². The van der Waals surface area contributed by atoms with Gasteiger partial charge in [0, 0.05) is 17.9 Å². The third-order valence-corrected chi connectivity index (χ3v) is 4.30. The van der Waals surface area contributed by atoms with Crippen LogP contribution in [0.4, 0.5) is 11.4 Å². The molecule has 2 aromatic rings. The summed E-state index contributed by atoms with van der Waals surface area (Å²) in [7, 11) is 0. The molecular weight excluding hydrogens is 256 g/mol. The third kappa shape index (κ3) is 2.96. The summed E-state index contributed by atoms with van der Waals surface area (Å²) in [6.45, 7) is 3.95. The molecule has 0 spiro atoms. The molecule has 2 N–H and O–H groups in total. The van der Waals surface area contributed by atoms with Gasteiger partial charge in [-0.05, 0) is 62.4 Å². The van der Waals surface area contributed by atoms with Crippen molar-refractivity contribution in [3.05, 3.63) is 59.2 Å². The predicted molar refractivity (Wildman–Crippen MR) is 90.3 cm³/mol. The third-order valence-electron chi connectivity index (χ3n) is 4.30. The van der Waals surface area contributed by atoms with E-state index >= 15 is 0 Å². The van der Waals surface area contributed by atoms with Crippen molar-refractivity contribution in [1.29, 1.82) is 0 Å². The molecule has 0 aliphatic carbocycles. The van der Waals surface area contributed by atoms with E-state index in [2.05, 4.69) is 54.3 Å². The normalized spacial score (nSPS) is 14.7. The number of nitrogens with two attached hydrogens (primary N) is 1. The van der Waals surface area contributed by atoms with Crippen molar-refractivity contribution in [2.24, 2.45) is 5.73 Å². The van der Waals surface area contributed by atoms with Crippen LogP contribution in [0, 0.1) is 6.92 Å². The van der Waals surface area contributed by atoms with Crippen molar-refractivity contribution in [2.45, 2.75) is 32.6 Å². The second-order valence-electron chi connectivity index (χ2n) is 5.91. The largest absolute Gasteiger partial charge is 0.341 e. The van der Waals surface area contributed by atoms with Gasteiger partial charge in [-0.25, -0.2) is 0 Å². The van der Waals surface area contributed by atoms with E-state index in [1.54, 1.807) is 0 Å². The summed E-state index contributed by atoms with van der Waals surface area (Å²) in [6.07, 6.45) is 4.64. The minimum absolute atomic E-state index is 0.700. The summed E-state index contributed by atoms with van der Waals surface area (Å²) >= 11 is 0. The minimum Gasteiger partial charge on any atom is -0.341 e. The maximum Gasteiger partial charge on any atom is 0.0444 e. The molecule has 1 aliphatic rings. The summed E-state index contributed by atoms with van der Waals surface area (Å²) in [5, 5.41) is 0. The molecule has 110 valence electrons. The topological polar surface area (TPSA) is 29.3 Å². The molecule has 0 aromatic heterocycles. The Morgan fingerprint density at radius 1 is 1.05 bits per heavy atom. The zero-order valence-corrected chi connectivity index (χ0v) is 12.8. The molecule has 2 nitrogen and oxygen atoms in total.